The van der Waals surface area contributed by atoms with Crippen molar-refractivity contribution in [2.75, 3.05) is 0 Å². The monoisotopic (exact) mass is 232 g/mol. The summed E-state index contributed by atoms with van der Waals surface area (Å²) < 4.78 is 0.961. The minimum absolute atomic E-state index is 0.105. The molecule has 1 heterocycles. The van der Waals surface area contributed by atoms with Crippen molar-refractivity contribution in [2.45, 2.75) is 29.9 Å². The molecule has 0 spiro atoms. The lowest BCUT2D eigenvalue weighted by molar-refractivity contribution is 0.802. The number of thiazole rings is 1. The van der Waals surface area contributed by atoms with E-state index < -0.39 is 0 Å². The topological polar surface area (TPSA) is 36.7 Å². The Morgan fingerprint density at radius 2 is 2.15 bits per heavy atom. The van der Waals surface area contributed by atoms with Gasteiger partial charge in [-0.15, -0.1) is 0 Å². The van der Waals surface area contributed by atoms with Crippen molar-refractivity contribution in [1.29, 1.82) is 5.26 Å². The predicted molar refractivity (Wildman–Crippen MR) is 57.4 cm³/mol. The summed E-state index contributed by atoms with van der Waals surface area (Å²) in [4.78, 5) is 4.59. The van der Waals surface area contributed by atoms with Crippen molar-refractivity contribution < 1.29 is 0 Å². The van der Waals surface area contributed by atoms with Crippen LogP contribution in [0, 0.1) is 11.3 Å². The molecule has 1 aromatic heterocycles. The van der Waals surface area contributed by atoms with E-state index in [0.29, 0.717) is 10.0 Å². The molecule has 2 nitrogen and oxygen atoms in total. The number of aromatic nitrogens is 1. The molecular weight excluding hydrogens is 224 g/mol. The first kappa shape index (κ1) is 10.8. The van der Waals surface area contributed by atoms with Crippen molar-refractivity contribution >= 4 is 34.7 Å². The molecule has 0 unspecified atom stereocenters. The van der Waals surface area contributed by atoms with Gasteiger partial charge in [0.05, 0.1) is 0 Å². The van der Waals surface area contributed by atoms with Gasteiger partial charge >= 0.3 is 0 Å². The summed E-state index contributed by atoms with van der Waals surface area (Å²) in [6.45, 7) is 6.29. The Balaban J connectivity index is 2.87. The van der Waals surface area contributed by atoms with Gasteiger partial charge in [0.1, 0.15) is 10.9 Å². The van der Waals surface area contributed by atoms with Crippen LogP contribution in [0.4, 0.5) is 0 Å². The lowest BCUT2D eigenvalue weighted by atomic mass is 10.3. The summed E-state index contributed by atoms with van der Waals surface area (Å²) in [5.74, 6) is 0. The van der Waals surface area contributed by atoms with E-state index in [2.05, 4.69) is 25.8 Å². The fraction of sp³-hybridized carbons (Fsp3) is 0.500. The standard InChI is InChI=1S/C8H9ClN2S2/c1-8(2,3)13-7-11-6(9)5(4-10)12-7/h1-3H3. The van der Waals surface area contributed by atoms with Crippen LogP contribution in [0.3, 0.4) is 0 Å². The highest BCUT2D eigenvalue weighted by molar-refractivity contribution is 8.02. The lowest BCUT2D eigenvalue weighted by Gasteiger charge is -2.14. The van der Waals surface area contributed by atoms with E-state index in [1.807, 2.05) is 6.07 Å². The summed E-state index contributed by atoms with van der Waals surface area (Å²) >= 11 is 8.71. The Bertz CT molecular complexity index is 346. The number of halogens is 1. The molecule has 0 aliphatic heterocycles. The summed E-state index contributed by atoms with van der Waals surface area (Å²) in [6.07, 6.45) is 0. The Hall–Kier alpha value is -0.240. The Labute approximate surface area is 90.9 Å². The number of nitrogens with zero attached hydrogens (tertiary/aromatic N) is 2. The Morgan fingerprint density at radius 3 is 2.54 bits per heavy atom. The third-order valence-electron chi connectivity index (χ3n) is 1.06. The van der Waals surface area contributed by atoms with E-state index in [0.717, 1.165) is 4.34 Å². The molecule has 0 N–H and O–H groups in total. The fourth-order valence-corrected chi connectivity index (χ4v) is 3.31. The van der Waals surface area contributed by atoms with E-state index in [1.54, 1.807) is 11.8 Å². The summed E-state index contributed by atoms with van der Waals surface area (Å²) in [6, 6.07) is 2.01. The average Bonchev–Trinajstić information content (AvgIpc) is 2.26. The molecule has 0 amide bonds. The summed E-state index contributed by atoms with van der Waals surface area (Å²) in [5.41, 5.74) is 0. The van der Waals surface area contributed by atoms with Gasteiger partial charge in [-0.2, -0.15) is 5.26 Å². The molecule has 0 bridgehead atoms. The van der Waals surface area contributed by atoms with E-state index in [-0.39, 0.29) is 4.75 Å². The number of hydrogen-bond acceptors (Lipinski definition) is 4. The first-order chi connectivity index (χ1) is 5.92. The molecule has 70 valence electrons. The van der Waals surface area contributed by atoms with Gasteiger partial charge in [-0.3, -0.25) is 0 Å². The first-order valence-electron chi connectivity index (χ1n) is 3.68. The third-order valence-corrected chi connectivity index (χ3v) is 3.58. The predicted octanol–water partition coefficient (Wildman–Crippen LogP) is 3.56. The smallest absolute Gasteiger partial charge is 0.159 e. The molecule has 1 rings (SSSR count). The van der Waals surface area contributed by atoms with Crippen molar-refractivity contribution in [3.63, 3.8) is 0 Å². The van der Waals surface area contributed by atoms with Crippen LogP contribution in [0.15, 0.2) is 4.34 Å². The fourth-order valence-electron chi connectivity index (χ4n) is 0.658. The number of thioether (sulfide) groups is 1. The van der Waals surface area contributed by atoms with Crippen LogP contribution in [0.25, 0.3) is 0 Å². The molecule has 0 saturated carbocycles. The van der Waals surface area contributed by atoms with Crippen LogP contribution in [-0.4, -0.2) is 9.73 Å². The van der Waals surface area contributed by atoms with E-state index in [4.69, 9.17) is 16.9 Å². The quantitative estimate of drug-likeness (QED) is 0.695. The first-order valence-corrected chi connectivity index (χ1v) is 5.69. The van der Waals surface area contributed by atoms with E-state index in [1.165, 1.54) is 11.3 Å². The highest BCUT2D eigenvalue weighted by atomic mass is 35.5. The maximum atomic E-state index is 8.66. The molecular formula is C8H9ClN2S2. The van der Waals surface area contributed by atoms with Gasteiger partial charge in [-0.05, 0) is 0 Å². The molecule has 0 aliphatic carbocycles. The second-order valence-electron chi connectivity index (χ2n) is 3.43. The third kappa shape index (κ3) is 3.18. The number of rotatable bonds is 1. The number of nitriles is 1. The van der Waals surface area contributed by atoms with Crippen molar-refractivity contribution in [1.82, 2.24) is 4.98 Å². The molecule has 0 fully saturated rings. The molecule has 0 atom stereocenters. The summed E-state index contributed by atoms with van der Waals surface area (Å²) in [5, 5.41) is 8.98. The van der Waals surface area contributed by atoms with Crippen molar-refractivity contribution in [3.8, 4) is 6.07 Å². The highest BCUT2D eigenvalue weighted by Gasteiger charge is 2.17. The maximum Gasteiger partial charge on any atom is 0.159 e. The molecule has 0 aromatic carbocycles. The van der Waals surface area contributed by atoms with Gasteiger partial charge in [-0.1, -0.05) is 55.5 Å². The zero-order valence-electron chi connectivity index (χ0n) is 7.59. The molecule has 0 radical (unpaired) electrons. The van der Waals surface area contributed by atoms with Gasteiger partial charge in [0, 0.05) is 4.75 Å². The van der Waals surface area contributed by atoms with Crippen LogP contribution >= 0.6 is 34.7 Å². The van der Waals surface area contributed by atoms with Gasteiger partial charge in [0.15, 0.2) is 9.49 Å². The van der Waals surface area contributed by atoms with E-state index >= 15 is 0 Å². The molecule has 1 aromatic rings. The van der Waals surface area contributed by atoms with Gasteiger partial charge in [0.25, 0.3) is 0 Å². The minimum Gasteiger partial charge on any atom is -0.216 e. The average molecular weight is 233 g/mol. The van der Waals surface area contributed by atoms with E-state index in [9.17, 15) is 0 Å². The second-order valence-corrected chi connectivity index (χ2v) is 6.86. The van der Waals surface area contributed by atoms with Crippen LogP contribution in [0.1, 0.15) is 25.6 Å². The van der Waals surface area contributed by atoms with Crippen LogP contribution in [0.5, 0.6) is 0 Å². The van der Waals surface area contributed by atoms with Crippen molar-refractivity contribution in [2.24, 2.45) is 0 Å². The van der Waals surface area contributed by atoms with Crippen molar-refractivity contribution in [3.05, 3.63) is 10.0 Å². The zero-order valence-corrected chi connectivity index (χ0v) is 9.98. The highest BCUT2D eigenvalue weighted by Crippen LogP contribution is 2.36. The normalized spacial score (nSPS) is 11.3. The Kier molecular flexibility index (Phi) is 3.23. The SMILES string of the molecule is CC(C)(C)Sc1nc(Cl)c(C#N)s1. The van der Waals surface area contributed by atoms with Gasteiger partial charge < -0.3 is 0 Å². The molecule has 13 heavy (non-hydrogen) atoms. The molecule has 5 heteroatoms. The molecule has 0 saturated heterocycles. The summed E-state index contributed by atoms with van der Waals surface area (Å²) in [7, 11) is 0. The Morgan fingerprint density at radius 1 is 1.54 bits per heavy atom. The van der Waals surface area contributed by atoms with Gasteiger partial charge in [-0.25, -0.2) is 4.98 Å². The van der Waals surface area contributed by atoms with Crippen LogP contribution < -0.4 is 0 Å². The lowest BCUT2D eigenvalue weighted by Crippen LogP contribution is -2.06. The zero-order chi connectivity index (χ0) is 10.1. The largest absolute Gasteiger partial charge is 0.216 e. The van der Waals surface area contributed by atoms with Gasteiger partial charge in [0.2, 0.25) is 0 Å². The number of hydrogen-bond donors (Lipinski definition) is 0. The second kappa shape index (κ2) is 3.87. The van der Waals surface area contributed by atoms with Crippen LogP contribution in [0.2, 0.25) is 5.15 Å². The molecule has 0 aliphatic rings. The minimum atomic E-state index is 0.105. The maximum absolute atomic E-state index is 8.66. The van der Waals surface area contributed by atoms with Crippen LogP contribution in [-0.2, 0) is 0 Å².